The Morgan fingerprint density at radius 2 is 1.97 bits per heavy atom. The van der Waals surface area contributed by atoms with Gasteiger partial charge < -0.3 is 4.42 Å². The van der Waals surface area contributed by atoms with Gasteiger partial charge in [-0.2, -0.15) is 0 Å². The molecule has 10 heteroatoms. The zero-order chi connectivity index (χ0) is 22.7. The van der Waals surface area contributed by atoms with Crippen molar-refractivity contribution in [1.82, 2.24) is 4.98 Å². The summed E-state index contributed by atoms with van der Waals surface area (Å²) in [6.45, 7) is 0.246. The molecule has 6 nitrogen and oxygen atoms in total. The molecule has 0 unspecified atom stereocenters. The zero-order valence-electron chi connectivity index (χ0n) is 17.0. The van der Waals surface area contributed by atoms with Gasteiger partial charge in [-0.3, -0.25) is 9.69 Å². The van der Waals surface area contributed by atoms with Crippen LogP contribution in [-0.2, 0) is 21.2 Å². The Kier molecular flexibility index (Phi) is 6.90. The van der Waals surface area contributed by atoms with Crippen LogP contribution in [0.5, 0.6) is 0 Å². The predicted octanol–water partition coefficient (Wildman–Crippen LogP) is 5.66. The Morgan fingerprint density at radius 1 is 1.19 bits per heavy atom. The Balaban J connectivity index is 1.55. The van der Waals surface area contributed by atoms with Gasteiger partial charge in [-0.15, -0.1) is 11.8 Å². The Hall–Kier alpha value is -2.33. The molecule has 0 aliphatic rings. The molecule has 2 aromatic heterocycles. The molecule has 0 radical (unpaired) electrons. The lowest BCUT2D eigenvalue weighted by Gasteiger charge is -2.18. The number of aromatic nitrogens is 1. The number of hydrogen-bond donors (Lipinski definition) is 0. The molecule has 0 bridgehead atoms. The molecule has 0 atom stereocenters. The molecule has 2 heterocycles. The molecular formula is C22H19ClN2O4S3. The Bertz CT molecular complexity index is 1330. The third kappa shape index (κ3) is 5.53. The summed E-state index contributed by atoms with van der Waals surface area (Å²) in [5, 5.41) is 1.17. The van der Waals surface area contributed by atoms with Crippen molar-refractivity contribution in [3.05, 3.63) is 71.6 Å². The van der Waals surface area contributed by atoms with E-state index < -0.39 is 9.84 Å². The highest BCUT2D eigenvalue weighted by Crippen LogP contribution is 2.32. The largest absolute Gasteiger partial charge is 0.467 e. The topological polar surface area (TPSA) is 80.5 Å². The standard InChI is InChI=1S/C22H19ClN2O4S3/c1-32(27,28)18-8-9-19-20(13-18)31-22(24-19)25(14-16-3-2-11-29-16)21(26)10-12-30-17-6-4-15(23)5-7-17/h2-9,11,13H,10,12,14H2,1H3. The smallest absolute Gasteiger partial charge is 0.230 e. The van der Waals surface area contributed by atoms with Crippen molar-refractivity contribution >= 4 is 65.8 Å². The van der Waals surface area contributed by atoms with E-state index in [1.165, 1.54) is 23.7 Å². The molecule has 0 aliphatic heterocycles. The minimum absolute atomic E-state index is 0.0924. The van der Waals surface area contributed by atoms with Crippen molar-refractivity contribution in [1.29, 1.82) is 0 Å². The third-order valence-electron chi connectivity index (χ3n) is 4.60. The highest BCUT2D eigenvalue weighted by molar-refractivity contribution is 7.99. The van der Waals surface area contributed by atoms with E-state index in [0.717, 1.165) is 4.90 Å². The SMILES string of the molecule is CS(=O)(=O)c1ccc2nc(N(Cc3ccco3)C(=O)CCSc3ccc(Cl)cc3)sc2c1. The van der Waals surface area contributed by atoms with Crippen LogP contribution in [0.15, 0.2) is 75.1 Å². The van der Waals surface area contributed by atoms with Gasteiger partial charge in [0.2, 0.25) is 5.91 Å². The summed E-state index contributed by atoms with van der Waals surface area (Å²) in [6.07, 6.45) is 3.03. The van der Waals surface area contributed by atoms with Crippen LogP contribution >= 0.6 is 34.7 Å². The van der Waals surface area contributed by atoms with E-state index in [4.69, 9.17) is 16.0 Å². The molecule has 0 saturated heterocycles. The quantitative estimate of drug-likeness (QED) is 0.287. The van der Waals surface area contributed by atoms with E-state index in [2.05, 4.69) is 4.98 Å². The van der Waals surface area contributed by atoms with Crippen molar-refractivity contribution < 1.29 is 17.6 Å². The highest BCUT2D eigenvalue weighted by atomic mass is 35.5. The molecule has 32 heavy (non-hydrogen) atoms. The number of furan rings is 1. The number of anilines is 1. The highest BCUT2D eigenvalue weighted by Gasteiger charge is 2.22. The Morgan fingerprint density at radius 3 is 2.66 bits per heavy atom. The fourth-order valence-corrected chi connectivity index (χ4v) is 5.69. The molecule has 4 rings (SSSR count). The second kappa shape index (κ2) is 9.66. The van der Waals surface area contributed by atoms with Crippen LogP contribution in [-0.4, -0.2) is 31.3 Å². The van der Waals surface area contributed by atoms with Crippen molar-refractivity contribution in [2.75, 3.05) is 16.9 Å². The van der Waals surface area contributed by atoms with Gasteiger partial charge in [-0.1, -0.05) is 22.9 Å². The summed E-state index contributed by atoms with van der Waals surface area (Å²) in [5.74, 6) is 1.14. The van der Waals surface area contributed by atoms with Crippen LogP contribution in [0.25, 0.3) is 10.2 Å². The number of thioether (sulfide) groups is 1. The van der Waals surface area contributed by atoms with Crippen molar-refractivity contribution in [2.24, 2.45) is 0 Å². The number of fused-ring (bicyclic) bond motifs is 1. The number of hydrogen-bond acceptors (Lipinski definition) is 7. The molecule has 2 aromatic carbocycles. The minimum atomic E-state index is -3.33. The number of nitrogens with zero attached hydrogens (tertiary/aromatic N) is 2. The summed E-state index contributed by atoms with van der Waals surface area (Å²) in [7, 11) is -3.33. The van der Waals surface area contributed by atoms with E-state index in [1.54, 1.807) is 47.2 Å². The summed E-state index contributed by atoms with van der Waals surface area (Å²) in [6, 6.07) is 15.8. The normalized spacial score (nSPS) is 11.7. The molecular weight excluding hydrogens is 488 g/mol. The number of rotatable bonds is 8. The lowest BCUT2D eigenvalue weighted by atomic mass is 10.3. The van der Waals surface area contributed by atoms with Gasteiger partial charge in [0.25, 0.3) is 0 Å². The van der Waals surface area contributed by atoms with Crippen LogP contribution in [0, 0.1) is 0 Å². The summed E-state index contributed by atoms with van der Waals surface area (Å²) < 4.78 is 29.9. The molecule has 166 valence electrons. The number of amides is 1. The summed E-state index contributed by atoms with van der Waals surface area (Å²) in [4.78, 5) is 20.6. The van der Waals surface area contributed by atoms with Crippen molar-refractivity contribution in [3.63, 3.8) is 0 Å². The van der Waals surface area contributed by atoms with Crippen LogP contribution < -0.4 is 4.90 Å². The number of carbonyl (C=O) groups excluding carboxylic acids is 1. The van der Waals surface area contributed by atoms with Gasteiger partial charge >= 0.3 is 0 Å². The molecule has 1 amide bonds. The molecule has 0 spiro atoms. The first-order chi connectivity index (χ1) is 15.3. The maximum Gasteiger partial charge on any atom is 0.230 e. The minimum Gasteiger partial charge on any atom is -0.467 e. The van der Waals surface area contributed by atoms with Crippen LogP contribution in [0.3, 0.4) is 0 Å². The van der Waals surface area contributed by atoms with E-state index in [9.17, 15) is 13.2 Å². The number of carbonyl (C=O) groups is 1. The molecule has 4 aromatic rings. The van der Waals surface area contributed by atoms with Gasteiger partial charge in [0.1, 0.15) is 5.76 Å². The predicted molar refractivity (Wildman–Crippen MR) is 129 cm³/mol. The molecule has 0 saturated carbocycles. The third-order valence-corrected chi connectivity index (χ3v) is 8.02. The van der Waals surface area contributed by atoms with Gasteiger partial charge in [0, 0.05) is 28.3 Å². The molecule has 0 fully saturated rings. The fraction of sp³-hybridized carbons (Fsp3) is 0.182. The van der Waals surface area contributed by atoms with Crippen molar-refractivity contribution in [2.45, 2.75) is 22.8 Å². The summed E-state index contributed by atoms with van der Waals surface area (Å²) >= 11 is 8.78. The lowest BCUT2D eigenvalue weighted by Crippen LogP contribution is -2.30. The first kappa shape index (κ1) is 22.8. The van der Waals surface area contributed by atoms with Crippen molar-refractivity contribution in [3.8, 4) is 0 Å². The number of sulfone groups is 1. The van der Waals surface area contributed by atoms with Crippen LogP contribution in [0.2, 0.25) is 5.02 Å². The number of benzene rings is 2. The number of thiazole rings is 1. The first-order valence-corrected chi connectivity index (χ1v) is 13.7. The van der Waals surface area contributed by atoms with E-state index in [1.807, 2.05) is 24.3 Å². The first-order valence-electron chi connectivity index (χ1n) is 9.61. The van der Waals surface area contributed by atoms with E-state index in [0.29, 0.717) is 38.3 Å². The van der Waals surface area contributed by atoms with Crippen LogP contribution in [0.4, 0.5) is 5.13 Å². The van der Waals surface area contributed by atoms with Crippen LogP contribution in [0.1, 0.15) is 12.2 Å². The Labute approximate surface area is 199 Å². The lowest BCUT2D eigenvalue weighted by molar-refractivity contribution is -0.118. The van der Waals surface area contributed by atoms with E-state index >= 15 is 0 Å². The maximum atomic E-state index is 13.1. The molecule has 0 N–H and O–H groups in total. The maximum absolute atomic E-state index is 13.1. The number of halogens is 1. The second-order valence-corrected chi connectivity index (χ2v) is 11.6. The van der Waals surface area contributed by atoms with Gasteiger partial charge in [-0.05, 0) is 54.6 Å². The van der Waals surface area contributed by atoms with E-state index in [-0.39, 0.29) is 17.3 Å². The fourth-order valence-electron chi connectivity index (χ4n) is 2.98. The zero-order valence-corrected chi connectivity index (χ0v) is 20.2. The molecule has 0 aliphatic carbocycles. The average molecular weight is 507 g/mol. The summed E-state index contributed by atoms with van der Waals surface area (Å²) in [5.41, 5.74) is 0.644. The van der Waals surface area contributed by atoms with Gasteiger partial charge in [0.15, 0.2) is 15.0 Å². The van der Waals surface area contributed by atoms with Gasteiger partial charge in [0.05, 0.1) is 27.9 Å². The average Bonchev–Trinajstić information content (AvgIpc) is 3.41. The second-order valence-electron chi connectivity index (χ2n) is 7.01. The monoisotopic (exact) mass is 506 g/mol. The van der Waals surface area contributed by atoms with Gasteiger partial charge in [-0.25, -0.2) is 13.4 Å².